The second-order valence-electron chi connectivity index (χ2n) is 3.85. The molecule has 0 fully saturated rings. The summed E-state index contributed by atoms with van der Waals surface area (Å²) in [6.45, 7) is 20.8. The summed E-state index contributed by atoms with van der Waals surface area (Å²) in [5.41, 5.74) is 0. The van der Waals surface area contributed by atoms with Crippen LogP contribution in [0.2, 0.25) is 6.04 Å². The average molecular weight is 355 g/mol. The van der Waals surface area contributed by atoms with E-state index in [1.807, 2.05) is 48.5 Å². The van der Waals surface area contributed by atoms with Crippen LogP contribution in [0.1, 0.15) is 48.5 Å². The standard InChI is InChI=1S/C8H20O3Si.C4H12O2Si.C3H6/c1-5-9-12(8-4,10-6-2)11-7-3;1-3-5-7-6-4-2;1-3-2/h5-8H2,1-4H3;3-4,7H2,1-2H3;3H,1H2,2H3. The molecule has 22 heavy (non-hydrogen) atoms. The van der Waals surface area contributed by atoms with Gasteiger partial charge in [0, 0.05) is 39.1 Å². The number of rotatable bonds is 11. The van der Waals surface area contributed by atoms with Crippen molar-refractivity contribution in [3.63, 3.8) is 0 Å². The van der Waals surface area contributed by atoms with E-state index in [0.29, 0.717) is 19.8 Å². The van der Waals surface area contributed by atoms with E-state index < -0.39 is 18.8 Å². The summed E-state index contributed by atoms with van der Waals surface area (Å²) in [7, 11) is -2.86. The van der Waals surface area contributed by atoms with Gasteiger partial charge in [0.15, 0.2) is 0 Å². The number of hydrogen-bond donors (Lipinski definition) is 0. The van der Waals surface area contributed by atoms with E-state index in [9.17, 15) is 0 Å². The van der Waals surface area contributed by atoms with E-state index >= 15 is 0 Å². The highest BCUT2D eigenvalue weighted by Gasteiger charge is 2.37. The van der Waals surface area contributed by atoms with E-state index in [4.69, 9.17) is 22.1 Å². The number of hydrogen-bond acceptors (Lipinski definition) is 5. The molecular formula is C15H38O5Si2. The van der Waals surface area contributed by atoms with Gasteiger partial charge in [0.1, 0.15) is 0 Å². The van der Waals surface area contributed by atoms with Gasteiger partial charge in [-0.1, -0.05) is 13.0 Å². The predicted octanol–water partition coefficient (Wildman–Crippen LogP) is 3.31. The smallest absolute Gasteiger partial charge is 0.399 e. The van der Waals surface area contributed by atoms with Crippen molar-refractivity contribution in [1.82, 2.24) is 0 Å². The van der Waals surface area contributed by atoms with Crippen LogP contribution in [0, 0.1) is 0 Å². The van der Waals surface area contributed by atoms with Crippen molar-refractivity contribution in [1.29, 1.82) is 0 Å². The monoisotopic (exact) mass is 354 g/mol. The minimum Gasteiger partial charge on any atom is -0.399 e. The predicted molar refractivity (Wildman–Crippen MR) is 98.8 cm³/mol. The van der Waals surface area contributed by atoms with Crippen molar-refractivity contribution in [3.05, 3.63) is 12.7 Å². The molecule has 5 nitrogen and oxygen atoms in total. The molecule has 0 atom stereocenters. The molecule has 0 bridgehead atoms. The first kappa shape index (κ1) is 26.9. The lowest BCUT2D eigenvalue weighted by Crippen LogP contribution is -2.45. The minimum atomic E-state index is -2.27. The normalized spacial score (nSPS) is 10.1. The fourth-order valence-electron chi connectivity index (χ4n) is 1.32. The molecule has 0 aromatic heterocycles. The lowest BCUT2D eigenvalue weighted by molar-refractivity contribution is 0.0725. The molecule has 0 rings (SSSR count). The molecule has 0 heterocycles. The van der Waals surface area contributed by atoms with Gasteiger partial charge in [0.25, 0.3) is 0 Å². The molecule has 0 aromatic carbocycles. The first-order valence-corrected chi connectivity index (χ1v) is 11.3. The highest BCUT2D eigenvalue weighted by molar-refractivity contribution is 6.60. The molecule has 0 aliphatic carbocycles. The molecule has 0 aromatic rings. The molecule has 0 unspecified atom stereocenters. The topological polar surface area (TPSA) is 46.2 Å². The van der Waals surface area contributed by atoms with Crippen molar-refractivity contribution in [3.8, 4) is 0 Å². The summed E-state index contributed by atoms with van der Waals surface area (Å²) in [6, 6.07) is 0.850. The van der Waals surface area contributed by atoms with Crippen LogP contribution in [0.3, 0.4) is 0 Å². The largest absolute Gasteiger partial charge is 0.500 e. The third-order valence-electron chi connectivity index (χ3n) is 2.10. The van der Waals surface area contributed by atoms with E-state index in [1.54, 1.807) is 6.08 Å². The Hall–Kier alpha value is -0.0262. The van der Waals surface area contributed by atoms with Gasteiger partial charge in [0.05, 0.1) is 0 Å². The van der Waals surface area contributed by atoms with Crippen LogP contribution in [-0.2, 0) is 22.1 Å². The molecule has 0 spiro atoms. The van der Waals surface area contributed by atoms with Crippen LogP contribution in [-0.4, -0.2) is 51.8 Å². The van der Waals surface area contributed by atoms with Gasteiger partial charge in [-0.15, -0.1) is 6.58 Å². The van der Waals surface area contributed by atoms with Crippen LogP contribution in [0.15, 0.2) is 12.7 Å². The van der Waals surface area contributed by atoms with E-state index in [1.165, 1.54) is 0 Å². The van der Waals surface area contributed by atoms with Crippen molar-refractivity contribution in [2.45, 2.75) is 54.5 Å². The van der Waals surface area contributed by atoms with Gasteiger partial charge in [-0.05, 0) is 41.5 Å². The van der Waals surface area contributed by atoms with Crippen molar-refractivity contribution in [2.75, 3.05) is 33.0 Å². The Morgan fingerprint density at radius 1 is 0.773 bits per heavy atom. The highest BCUT2D eigenvalue weighted by Crippen LogP contribution is 2.14. The highest BCUT2D eigenvalue weighted by atomic mass is 28.4. The van der Waals surface area contributed by atoms with Crippen LogP contribution >= 0.6 is 0 Å². The van der Waals surface area contributed by atoms with E-state index in [2.05, 4.69) is 6.58 Å². The molecule has 0 saturated heterocycles. The Morgan fingerprint density at radius 2 is 1.09 bits per heavy atom. The molecule has 0 aliphatic rings. The molecule has 7 heteroatoms. The molecule has 0 saturated carbocycles. The second-order valence-corrected chi connectivity index (χ2v) is 7.84. The van der Waals surface area contributed by atoms with Crippen LogP contribution in [0.5, 0.6) is 0 Å². The molecule has 0 radical (unpaired) electrons. The van der Waals surface area contributed by atoms with Gasteiger partial charge in [-0.3, -0.25) is 0 Å². The maximum absolute atomic E-state index is 5.55. The molecule has 0 aliphatic heterocycles. The summed E-state index contributed by atoms with van der Waals surface area (Å²) in [5, 5.41) is 0. The van der Waals surface area contributed by atoms with Crippen molar-refractivity contribution < 1.29 is 22.1 Å². The maximum Gasteiger partial charge on any atom is 0.500 e. The second kappa shape index (κ2) is 23.2. The van der Waals surface area contributed by atoms with Gasteiger partial charge >= 0.3 is 18.8 Å². The SMILES string of the molecule is C=CC.CCO[SiH2]OCC.CCO[Si](CC)(OCC)OCC. The summed E-state index contributed by atoms with van der Waals surface area (Å²) >= 11 is 0. The fraction of sp³-hybridized carbons (Fsp3) is 0.867. The third-order valence-corrected chi connectivity index (χ3v) is 6.30. The Bertz CT molecular complexity index is 185. The Kier molecular flexibility index (Phi) is 28.4. The lowest BCUT2D eigenvalue weighted by Gasteiger charge is -2.26. The molecule has 0 amide bonds. The average Bonchev–Trinajstić information content (AvgIpc) is 2.50. The zero-order valence-corrected chi connectivity index (χ0v) is 18.2. The fourth-order valence-corrected chi connectivity index (χ4v) is 3.95. The zero-order chi connectivity index (χ0) is 17.7. The molecule has 0 N–H and O–H groups in total. The Morgan fingerprint density at radius 3 is 1.27 bits per heavy atom. The van der Waals surface area contributed by atoms with Crippen molar-refractivity contribution >= 4 is 18.8 Å². The van der Waals surface area contributed by atoms with Crippen LogP contribution in [0.4, 0.5) is 0 Å². The van der Waals surface area contributed by atoms with E-state index in [0.717, 1.165) is 19.3 Å². The van der Waals surface area contributed by atoms with Crippen LogP contribution in [0.25, 0.3) is 0 Å². The first-order chi connectivity index (χ1) is 10.6. The maximum atomic E-state index is 5.55. The van der Waals surface area contributed by atoms with Gasteiger partial charge < -0.3 is 22.1 Å². The Balaban J connectivity index is -0.000000305. The Labute approximate surface area is 141 Å². The summed E-state index contributed by atoms with van der Waals surface area (Å²) in [6.07, 6.45) is 1.75. The summed E-state index contributed by atoms with van der Waals surface area (Å²) < 4.78 is 26.6. The summed E-state index contributed by atoms with van der Waals surface area (Å²) in [4.78, 5) is 0. The van der Waals surface area contributed by atoms with Crippen LogP contribution < -0.4 is 0 Å². The molecule has 136 valence electrons. The van der Waals surface area contributed by atoms with Gasteiger partial charge in [-0.25, -0.2) is 0 Å². The zero-order valence-electron chi connectivity index (χ0n) is 15.8. The third kappa shape index (κ3) is 20.0. The number of allylic oxidation sites excluding steroid dienone is 1. The summed E-state index contributed by atoms with van der Waals surface area (Å²) in [5.74, 6) is 0. The van der Waals surface area contributed by atoms with Gasteiger partial charge in [-0.2, -0.15) is 0 Å². The lowest BCUT2D eigenvalue weighted by atomic mass is 10.8. The first-order valence-electron chi connectivity index (χ1n) is 8.21. The minimum absolute atomic E-state index is 0.589. The van der Waals surface area contributed by atoms with E-state index in [-0.39, 0.29) is 0 Å². The van der Waals surface area contributed by atoms with Crippen molar-refractivity contribution in [2.24, 2.45) is 0 Å². The quantitative estimate of drug-likeness (QED) is 0.324. The molecular weight excluding hydrogens is 316 g/mol. The van der Waals surface area contributed by atoms with Gasteiger partial charge in [0.2, 0.25) is 0 Å².